The van der Waals surface area contributed by atoms with Gasteiger partial charge >= 0.3 is 12.0 Å². The van der Waals surface area contributed by atoms with Crippen molar-refractivity contribution in [2.75, 3.05) is 13.1 Å². The number of hydrogen-bond acceptors (Lipinski definition) is 2. The van der Waals surface area contributed by atoms with E-state index in [1.807, 2.05) is 20.8 Å². The van der Waals surface area contributed by atoms with E-state index in [1.54, 1.807) is 4.90 Å². The summed E-state index contributed by atoms with van der Waals surface area (Å²) in [5.41, 5.74) is 0. The molecule has 0 aromatic heterocycles. The fourth-order valence-corrected chi connectivity index (χ4v) is 1.30. The molecule has 0 aliphatic heterocycles. The maximum Gasteiger partial charge on any atom is 0.326 e. The molecule has 0 heterocycles. The van der Waals surface area contributed by atoms with Crippen molar-refractivity contribution >= 4 is 12.0 Å². The van der Waals surface area contributed by atoms with E-state index in [2.05, 4.69) is 5.32 Å². The summed E-state index contributed by atoms with van der Waals surface area (Å²) in [6.07, 6.45) is 1.19. The third-order valence-electron chi connectivity index (χ3n) is 2.22. The number of aliphatic carboxylic acids is 1. The van der Waals surface area contributed by atoms with E-state index >= 15 is 0 Å². The minimum absolute atomic E-state index is 0.305. The Bertz CT molecular complexity index is 215. The molecule has 88 valence electrons. The summed E-state index contributed by atoms with van der Waals surface area (Å²) in [5.74, 6) is -0.975. The summed E-state index contributed by atoms with van der Waals surface area (Å²) < 4.78 is 0. The standard InChI is InChI=1S/C10H20N2O3/c1-4-7-8(9(13)14)11-10(15)12(5-2)6-3/h8H,4-7H2,1-3H3,(H,11,15)(H,13,14)/t8-/m0/s1. The molecule has 0 unspecified atom stereocenters. The Hall–Kier alpha value is -1.26. The lowest BCUT2D eigenvalue weighted by Gasteiger charge is -2.22. The molecule has 2 N–H and O–H groups in total. The predicted molar refractivity (Wildman–Crippen MR) is 57.8 cm³/mol. The van der Waals surface area contributed by atoms with Crippen LogP contribution in [0.5, 0.6) is 0 Å². The molecular formula is C10H20N2O3. The van der Waals surface area contributed by atoms with Crippen LogP contribution in [-0.2, 0) is 4.79 Å². The lowest BCUT2D eigenvalue weighted by Crippen LogP contribution is -2.47. The van der Waals surface area contributed by atoms with Crippen LogP contribution < -0.4 is 5.32 Å². The summed E-state index contributed by atoms with van der Waals surface area (Å²) in [5, 5.41) is 11.4. The zero-order valence-corrected chi connectivity index (χ0v) is 9.62. The van der Waals surface area contributed by atoms with Crippen LogP contribution in [0.2, 0.25) is 0 Å². The second-order valence-corrected chi connectivity index (χ2v) is 3.30. The number of urea groups is 1. The van der Waals surface area contributed by atoms with Crippen molar-refractivity contribution in [3.8, 4) is 0 Å². The van der Waals surface area contributed by atoms with Crippen molar-refractivity contribution in [1.82, 2.24) is 10.2 Å². The molecule has 5 nitrogen and oxygen atoms in total. The number of hydrogen-bond donors (Lipinski definition) is 2. The van der Waals surface area contributed by atoms with E-state index in [4.69, 9.17) is 5.11 Å². The summed E-state index contributed by atoms with van der Waals surface area (Å²) in [7, 11) is 0. The van der Waals surface area contributed by atoms with Gasteiger partial charge in [-0.2, -0.15) is 0 Å². The topological polar surface area (TPSA) is 69.6 Å². The number of nitrogens with one attached hydrogen (secondary N) is 1. The number of carboxylic acids is 1. The molecule has 2 amide bonds. The molecule has 0 spiro atoms. The van der Waals surface area contributed by atoms with E-state index in [0.29, 0.717) is 19.5 Å². The number of nitrogens with zero attached hydrogens (tertiary/aromatic N) is 1. The molecule has 15 heavy (non-hydrogen) atoms. The van der Waals surface area contributed by atoms with E-state index in [1.165, 1.54) is 0 Å². The second kappa shape index (κ2) is 7.09. The van der Waals surface area contributed by atoms with Gasteiger partial charge in [0.2, 0.25) is 0 Å². The molecule has 0 rings (SSSR count). The Morgan fingerprint density at radius 2 is 1.80 bits per heavy atom. The molecule has 0 aromatic carbocycles. The first kappa shape index (κ1) is 13.7. The Morgan fingerprint density at radius 1 is 1.27 bits per heavy atom. The van der Waals surface area contributed by atoms with Crippen LogP contribution in [0.15, 0.2) is 0 Å². The highest BCUT2D eigenvalue weighted by Gasteiger charge is 2.20. The third kappa shape index (κ3) is 4.67. The summed E-state index contributed by atoms with van der Waals surface area (Å²) in [6, 6.07) is -1.08. The van der Waals surface area contributed by atoms with Gasteiger partial charge in [0.05, 0.1) is 0 Å². The molecular weight excluding hydrogens is 196 g/mol. The summed E-state index contributed by atoms with van der Waals surface area (Å²) in [4.78, 5) is 23.9. The number of carbonyl (C=O) groups excluding carboxylic acids is 1. The first-order valence-electron chi connectivity index (χ1n) is 5.34. The largest absolute Gasteiger partial charge is 0.480 e. The number of carboxylic acid groups (broad SMARTS) is 1. The summed E-state index contributed by atoms with van der Waals surface area (Å²) >= 11 is 0. The Balaban J connectivity index is 4.27. The van der Waals surface area contributed by atoms with E-state index < -0.39 is 12.0 Å². The molecule has 0 saturated carbocycles. The van der Waals surface area contributed by atoms with Gasteiger partial charge in [0.15, 0.2) is 0 Å². The van der Waals surface area contributed by atoms with Crippen LogP contribution in [0.4, 0.5) is 4.79 Å². The average Bonchev–Trinajstić information content (AvgIpc) is 2.18. The van der Waals surface area contributed by atoms with Crippen LogP contribution in [-0.4, -0.2) is 41.1 Å². The SMILES string of the molecule is CCC[C@H](NC(=O)N(CC)CC)C(=O)O. The summed E-state index contributed by atoms with van der Waals surface area (Å²) in [6.45, 7) is 6.78. The number of amides is 2. The van der Waals surface area contributed by atoms with Gasteiger partial charge in [0, 0.05) is 13.1 Å². The normalized spacial score (nSPS) is 11.9. The van der Waals surface area contributed by atoms with Gasteiger partial charge < -0.3 is 15.3 Å². The Kier molecular flexibility index (Phi) is 6.49. The molecule has 0 aliphatic rings. The minimum Gasteiger partial charge on any atom is -0.480 e. The zero-order chi connectivity index (χ0) is 11.8. The van der Waals surface area contributed by atoms with Gasteiger partial charge in [-0.25, -0.2) is 9.59 Å². The maximum absolute atomic E-state index is 11.5. The van der Waals surface area contributed by atoms with Crippen LogP contribution in [0.3, 0.4) is 0 Å². The minimum atomic E-state index is -0.975. The van der Waals surface area contributed by atoms with Gasteiger partial charge in [0.1, 0.15) is 6.04 Å². The highest BCUT2D eigenvalue weighted by Crippen LogP contribution is 1.98. The highest BCUT2D eigenvalue weighted by atomic mass is 16.4. The van der Waals surface area contributed by atoms with E-state index in [9.17, 15) is 9.59 Å². The zero-order valence-electron chi connectivity index (χ0n) is 9.62. The molecule has 0 bridgehead atoms. The third-order valence-corrected chi connectivity index (χ3v) is 2.22. The van der Waals surface area contributed by atoms with Crippen molar-refractivity contribution < 1.29 is 14.7 Å². The number of rotatable bonds is 6. The molecule has 0 fully saturated rings. The smallest absolute Gasteiger partial charge is 0.326 e. The Labute approximate surface area is 90.5 Å². The van der Waals surface area contributed by atoms with Crippen LogP contribution in [0, 0.1) is 0 Å². The van der Waals surface area contributed by atoms with Crippen molar-refractivity contribution in [1.29, 1.82) is 0 Å². The quantitative estimate of drug-likeness (QED) is 0.703. The van der Waals surface area contributed by atoms with Gasteiger partial charge in [-0.05, 0) is 20.3 Å². The predicted octanol–water partition coefficient (Wildman–Crippen LogP) is 1.29. The lowest BCUT2D eigenvalue weighted by molar-refractivity contribution is -0.139. The molecule has 0 aliphatic carbocycles. The lowest BCUT2D eigenvalue weighted by atomic mass is 10.2. The first-order chi connectivity index (χ1) is 7.06. The number of carbonyl (C=O) groups is 2. The van der Waals surface area contributed by atoms with Crippen molar-refractivity contribution in [3.63, 3.8) is 0 Å². The van der Waals surface area contributed by atoms with Gasteiger partial charge in [-0.1, -0.05) is 13.3 Å². The molecule has 5 heteroatoms. The monoisotopic (exact) mass is 216 g/mol. The second-order valence-electron chi connectivity index (χ2n) is 3.30. The van der Waals surface area contributed by atoms with Gasteiger partial charge in [-0.15, -0.1) is 0 Å². The van der Waals surface area contributed by atoms with E-state index in [-0.39, 0.29) is 6.03 Å². The van der Waals surface area contributed by atoms with Gasteiger partial charge in [0.25, 0.3) is 0 Å². The molecule has 0 aromatic rings. The highest BCUT2D eigenvalue weighted by molar-refractivity contribution is 5.82. The Morgan fingerprint density at radius 3 is 2.13 bits per heavy atom. The van der Waals surface area contributed by atoms with Crippen molar-refractivity contribution in [3.05, 3.63) is 0 Å². The van der Waals surface area contributed by atoms with E-state index in [0.717, 1.165) is 6.42 Å². The van der Waals surface area contributed by atoms with Crippen LogP contribution in [0.1, 0.15) is 33.6 Å². The van der Waals surface area contributed by atoms with Gasteiger partial charge in [-0.3, -0.25) is 0 Å². The molecule has 0 radical (unpaired) electrons. The van der Waals surface area contributed by atoms with Crippen molar-refractivity contribution in [2.24, 2.45) is 0 Å². The molecule has 0 saturated heterocycles. The fourth-order valence-electron chi connectivity index (χ4n) is 1.30. The van der Waals surface area contributed by atoms with Crippen molar-refractivity contribution in [2.45, 2.75) is 39.7 Å². The average molecular weight is 216 g/mol. The fraction of sp³-hybridized carbons (Fsp3) is 0.800. The van der Waals surface area contributed by atoms with Crippen LogP contribution in [0.25, 0.3) is 0 Å². The maximum atomic E-state index is 11.5. The first-order valence-corrected chi connectivity index (χ1v) is 5.34. The van der Waals surface area contributed by atoms with Crippen LogP contribution >= 0.6 is 0 Å². The molecule has 1 atom stereocenters.